The van der Waals surface area contributed by atoms with Crippen molar-refractivity contribution in [1.29, 1.82) is 0 Å². The van der Waals surface area contributed by atoms with Crippen molar-refractivity contribution < 1.29 is 0 Å². The minimum atomic E-state index is 0.129. The Morgan fingerprint density at radius 1 is 1.24 bits per heavy atom. The standard InChI is InChI=1S/C14H22N2S/c1-6-9-14(3,4)11-8-7-10(2)12(16-17)13(11)15-5/h7-8,17H,6,9H2,1-5H3/b15-13-,16-12-. The number of hydrogen-bond donors (Lipinski definition) is 1. The molecule has 0 heterocycles. The third kappa shape index (κ3) is 2.89. The van der Waals surface area contributed by atoms with E-state index >= 15 is 0 Å². The van der Waals surface area contributed by atoms with Crippen molar-refractivity contribution in [3.63, 3.8) is 0 Å². The summed E-state index contributed by atoms with van der Waals surface area (Å²) in [7, 11) is 1.82. The molecule has 1 rings (SSSR count). The Labute approximate surface area is 110 Å². The molecule has 0 saturated heterocycles. The summed E-state index contributed by atoms with van der Waals surface area (Å²) < 4.78 is 4.08. The van der Waals surface area contributed by atoms with E-state index in [-0.39, 0.29) is 5.41 Å². The summed E-state index contributed by atoms with van der Waals surface area (Å²) in [5, 5.41) is 0. The minimum Gasteiger partial charge on any atom is -0.286 e. The van der Waals surface area contributed by atoms with Gasteiger partial charge in [0.25, 0.3) is 0 Å². The van der Waals surface area contributed by atoms with Crippen LogP contribution >= 0.6 is 12.8 Å². The molecule has 0 amide bonds. The van der Waals surface area contributed by atoms with E-state index in [0.717, 1.165) is 29.8 Å². The smallest absolute Gasteiger partial charge is 0.0993 e. The van der Waals surface area contributed by atoms with Gasteiger partial charge in [-0.1, -0.05) is 39.3 Å². The van der Waals surface area contributed by atoms with Gasteiger partial charge in [-0.25, -0.2) is 4.40 Å². The van der Waals surface area contributed by atoms with Gasteiger partial charge in [-0.05, 0) is 42.7 Å². The summed E-state index contributed by atoms with van der Waals surface area (Å²) in [6.45, 7) is 8.78. The predicted molar refractivity (Wildman–Crippen MR) is 80.3 cm³/mol. The third-order valence-electron chi connectivity index (χ3n) is 3.28. The molecular weight excluding hydrogens is 228 g/mol. The van der Waals surface area contributed by atoms with E-state index in [0.29, 0.717) is 0 Å². The molecule has 0 aromatic rings. The maximum Gasteiger partial charge on any atom is 0.0993 e. The largest absolute Gasteiger partial charge is 0.286 e. The topological polar surface area (TPSA) is 24.7 Å². The SMILES string of the molecule is CCCC(C)(C)C1=CC=C(C)C(=N/S)/C1=N\C. The Hall–Kier alpha value is -0.830. The highest BCUT2D eigenvalue weighted by molar-refractivity contribution is 7.79. The molecule has 17 heavy (non-hydrogen) atoms. The average Bonchev–Trinajstić information content (AvgIpc) is 2.27. The molecule has 94 valence electrons. The fraction of sp³-hybridized carbons (Fsp3) is 0.571. The van der Waals surface area contributed by atoms with Crippen LogP contribution in [0, 0.1) is 5.41 Å². The van der Waals surface area contributed by atoms with E-state index in [1.54, 1.807) is 0 Å². The van der Waals surface area contributed by atoms with Gasteiger partial charge < -0.3 is 0 Å². The summed E-state index contributed by atoms with van der Waals surface area (Å²) in [5.74, 6) is 0. The van der Waals surface area contributed by atoms with E-state index in [9.17, 15) is 0 Å². The lowest BCUT2D eigenvalue weighted by Crippen LogP contribution is -2.29. The first-order valence-electron chi connectivity index (χ1n) is 6.07. The van der Waals surface area contributed by atoms with E-state index in [2.05, 4.69) is 55.1 Å². The van der Waals surface area contributed by atoms with Crippen molar-refractivity contribution in [2.45, 2.75) is 40.5 Å². The van der Waals surface area contributed by atoms with Crippen LogP contribution in [0.5, 0.6) is 0 Å². The molecule has 0 radical (unpaired) electrons. The van der Waals surface area contributed by atoms with Gasteiger partial charge in [-0.3, -0.25) is 4.99 Å². The fourth-order valence-corrected chi connectivity index (χ4v) is 2.59. The molecule has 0 bridgehead atoms. The van der Waals surface area contributed by atoms with Crippen LogP contribution in [0.4, 0.5) is 0 Å². The first-order chi connectivity index (χ1) is 7.97. The first kappa shape index (κ1) is 14.2. The van der Waals surface area contributed by atoms with Crippen LogP contribution in [-0.2, 0) is 0 Å². The molecule has 0 N–H and O–H groups in total. The highest BCUT2D eigenvalue weighted by Crippen LogP contribution is 2.35. The predicted octanol–water partition coefficient (Wildman–Crippen LogP) is 4.06. The second-order valence-corrected chi connectivity index (χ2v) is 5.28. The Kier molecular flexibility index (Phi) is 4.75. The minimum absolute atomic E-state index is 0.129. The second kappa shape index (κ2) is 5.67. The molecule has 0 unspecified atom stereocenters. The van der Waals surface area contributed by atoms with E-state index < -0.39 is 0 Å². The summed E-state index contributed by atoms with van der Waals surface area (Å²) in [5.41, 5.74) is 4.40. The van der Waals surface area contributed by atoms with Gasteiger partial charge in [-0.15, -0.1) is 0 Å². The zero-order valence-electron chi connectivity index (χ0n) is 11.4. The van der Waals surface area contributed by atoms with Crippen molar-refractivity contribution in [2.24, 2.45) is 14.8 Å². The van der Waals surface area contributed by atoms with Gasteiger partial charge in [0.2, 0.25) is 0 Å². The monoisotopic (exact) mass is 250 g/mol. The molecule has 1 aliphatic carbocycles. The molecule has 2 nitrogen and oxygen atoms in total. The Morgan fingerprint density at radius 3 is 2.35 bits per heavy atom. The van der Waals surface area contributed by atoms with Crippen LogP contribution in [0.25, 0.3) is 0 Å². The first-order valence-corrected chi connectivity index (χ1v) is 6.47. The van der Waals surface area contributed by atoms with Crippen molar-refractivity contribution >= 4 is 24.2 Å². The molecule has 0 aliphatic heterocycles. The normalized spacial score (nSPS) is 21.8. The Morgan fingerprint density at radius 2 is 1.88 bits per heavy atom. The van der Waals surface area contributed by atoms with Gasteiger partial charge in [0.15, 0.2) is 0 Å². The summed E-state index contributed by atoms with van der Waals surface area (Å²) >= 11 is 4.06. The van der Waals surface area contributed by atoms with Crippen LogP contribution in [-0.4, -0.2) is 18.5 Å². The van der Waals surface area contributed by atoms with Crippen LogP contribution in [0.15, 0.2) is 32.7 Å². The fourth-order valence-electron chi connectivity index (χ4n) is 2.34. The molecule has 0 aromatic heterocycles. The second-order valence-electron chi connectivity index (χ2n) is 5.08. The molecule has 0 saturated carbocycles. The van der Waals surface area contributed by atoms with E-state index in [1.165, 1.54) is 5.57 Å². The number of nitrogens with zero attached hydrogens (tertiary/aromatic N) is 2. The number of allylic oxidation sites excluding steroid dienone is 4. The maximum atomic E-state index is 4.41. The Balaban J connectivity index is 3.25. The zero-order chi connectivity index (χ0) is 13.1. The van der Waals surface area contributed by atoms with Gasteiger partial charge in [0.1, 0.15) is 0 Å². The number of rotatable bonds is 3. The average molecular weight is 250 g/mol. The number of aliphatic imine (C=N–C) groups is 1. The molecule has 0 spiro atoms. The van der Waals surface area contributed by atoms with Crippen LogP contribution < -0.4 is 0 Å². The molecule has 0 aromatic carbocycles. The molecule has 0 fully saturated rings. The van der Waals surface area contributed by atoms with Gasteiger partial charge in [0, 0.05) is 7.05 Å². The summed E-state index contributed by atoms with van der Waals surface area (Å²) in [4.78, 5) is 4.41. The molecule has 3 heteroatoms. The summed E-state index contributed by atoms with van der Waals surface area (Å²) in [6, 6.07) is 0. The lowest BCUT2D eigenvalue weighted by molar-refractivity contribution is 0.418. The quantitative estimate of drug-likeness (QED) is 0.577. The Bertz CT molecular complexity index is 412. The zero-order valence-corrected chi connectivity index (χ0v) is 12.3. The molecule has 0 atom stereocenters. The molecule has 1 aliphatic rings. The van der Waals surface area contributed by atoms with Crippen molar-refractivity contribution in [3.8, 4) is 0 Å². The van der Waals surface area contributed by atoms with Crippen LogP contribution in [0.2, 0.25) is 0 Å². The highest BCUT2D eigenvalue weighted by atomic mass is 32.1. The maximum absolute atomic E-state index is 4.41. The third-order valence-corrected chi connectivity index (χ3v) is 3.48. The van der Waals surface area contributed by atoms with Crippen molar-refractivity contribution in [2.75, 3.05) is 7.05 Å². The summed E-state index contributed by atoms with van der Waals surface area (Å²) in [6.07, 6.45) is 6.59. The van der Waals surface area contributed by atoms with Crippen LogP contribution in [0.3, 0.4) is 0 Å². The van der Waals surface area contributed by atoms with E-state index in [1.807, 2.05) is 14.0 Å². The highest BCUT2D eigenvalue weighted by Gasteiger charge is 2.30. The van der Waals surface area contributed by atoms with Gasteiger partial charge >= 0.3 is 0 Å². The molecular formula is C14H22N2S. The number of hydrogen-bond acceptors (Lipinski definition) is 3. The van der Waals surface area contributed by atoms with E-state index in [4.69, 9.17) is 0 Å². The van der Waals surface area contributed by atoms with Crippen molar-refractivity contribution in [1.82, 2.24) is 0 Å². The number of thiol groups is 1. The van der Waals surface area contributed by atoms with Crippen molar-refractivity contribution in [3.05, 3.63) is 23.3 Å². The lowest BCUT2D eigenvalue weighted by atomic mass is 9.74. The van der Waals surface area contributed by atoms with Gasteiger partial charge in [0.05, 0.1) is 11.4 Å². The lowest BCUT2D eigenvalue weighted by Gasteiger charge is -2.31. The van der Waals surface area contributed by atoms with Gasteiger partial charge in [-0.2, -0.15) is 0 Å². The van der Waals surface area contributed by atoms with Crippen LogP contribution in [0.1, 0.15) is 40.5 Å².